The number of carboxylic acid groups (broad SMARTS) is 1. The van der Waals surface area contributed by atoms with E-state index < -0.39 is 41.3 Å². The molecule has 6 nitrogen and oxygen atoms in total. The van der Waals surface area contributed by atoms with Crippen LogP contribution in [0.1, 0.15) is 33.6 Å². The first-order chi connectivity index (χ1) is 8.17. The van der Waals surface area contributed by atoms with Gasteiger partial charge in [0.2, 0.25) is 0 Å². The molecule has 0 aromatic carbocycles. The molecule has 0 amide bonds. The second-order valence-electron chi connectivity index (χ2n) is 5.81. The fraction of sp³-hybridized carbons (Fsp3) is 0.833. The van der Waals surface area contributed by atoms with Crippen LogP contribution in [0.5, 0.6) is 0 Å². The van der Waals surface area contributed by atoms with E-state index >= 15 is 0 Å². The molecule has 6 heteroatoms. The van der Waals surface area contributed by atoms with Gasteiger partial charge in [0.25, 0.3) is 0 Å². The highest BCUT2D eigenvalue weighted by molar-refractivity contribution is 5.84. The molecule has 3 unspecified atom stereocenters. The van der Waals surface area contributed by atoms with Gasteiger partial charge in [-0.15, -0.1) is 0 Å². The minimum atomic E-state index is -1.24. The predicted molar refractivity (Wildman–Crippen MR) is 59.5 cm³/mol. The number of aliphatic hydroxyl groups excluding tert-OH is 1. The van der Waals surface area contributed by atoms with Gasteiger partial charge in [-0.25, -0.2) is 9.59 Å². The van der Waals surface area contributed by atoms with Gasteiger partial charge in [-0.1, -0.05) is 20.8 Å². The van der Waals surface area contributed by atoms with Crippen molar-refractivity contribution >= 4 is 11.9 Å². The first-order valence-electron chi connectivity index (χ1n) is 5.92. The molecule has 0 radical (unpaired) electrons. The van der Waals surface area contributed by atoms with Gasteiger partial charge in [-0.3, -0.25) is 0 Å². The Kier molecular flexibility index (Phi) is 2.72. The van der Waals surface area contributed by atoms with Crippen LogP contribution in [0.4, 0.5) is 0 Å². The summed E-state index contributed by atoms with van der Waals surface area (Å²) < 4.78 is 10.2. The number of carboxylic acids is 1. The van der Waals surface area contributed by atoms with Gasteiger partial charge < -0.3 is 19.7 Å². The topological polar surface area (TPSA) is 93.1 Å². The number of carbonyl (C=O) groups is 2. The molecule has 0 aromatic rings. The summed E-state index contributed by atoms with van der Waals surface area (Å²) >= 11 is 0. The van der Waals surface area contributed by atoms with Crippen molar-refractivity contribution in [3.63, 3.8) is 0 Å². The van der Waals surface area contributed by atoms with Gasteiger partial charge in [-0.2, -0.15) is 0 Å². The van der Waals surface area contributed by atoms with Crippen LogP contribution in [-0.4, -0.2) is 40.6 Å². The van der Waals surface area contributed by atoms with Crippen molar-refractivity contribution in [2.24, 2.45) is 10.8 Å². The van der Waals surface area contributed by atoms with E-state index in [1.54, 1.807) is 0 Å². The Morgan fingerprint density at radius 2 is 1.94 bits per heavy atom. The number of aliphatic carboxylic acids is 1. The summed E-state index contributed by atoms with van der Waals surface area (Å²) in [5.41, 5.74) is -2.36. The Labute approximate surface area is 105 Å². The molecule has 1 aliphatic heterocycles. The van der Waals surface area contributed by atoms with Crippen LogP contribution in [0.2, 0.25) is 0 Å². The minimum Gasteiger partial charge on any atom is -0.479 e. The van der Waals surface area contributed by atoms with E-state index in [4.69, 9.17) is 14.6 Å². The Morgan fingerprint density at radius 1 is 1.33 bits per heavy atom. The van der Waals surface area contributed by atoms with E-state index in [0.29, 0.717) is 12.8 Å². The van der Waals surface area contributed by atoms with E-state index in [0.717, 1.165) is 0 Å². The minimum absolute atomic E-state index is 0.437. The van der Waals surface area contributed by atoms with Crippen molar-refractivity contribution in [1.82, 2.24) is 0 Å². The molecule has 2 bridgehead atoms. The third-order valence-corrected chi connectivity index (χ3v) is 4.95. The predicted octanol–water partition coefficient (Wildman–Crippen LogP) is 0.528. The Balaban J connectivity index is 2.27. The average Bonchev–Trinajstić information content (AvgIpc) is 2.56. The second kappa shape index (κ2) is 3.68. The molecule has 0 spiro atoms. The highest BCUT2D eigenvalue weighted by Gasteiger charge is 2.74. The quantitative estimate of drug-likeness (QED) is 0.717. The molecule has 2 aliphatic rings. The van der Waals surface area contributed by atoms with Gasteiger partial charge >= 0.3 is 11.9 Å². The van der Waals surface area contributed by atoms with E-state index in [-0.39, 0.29) is 0 Å². The Morgan fingerprint density at radius 3 is 2.33 bits per heavy atom. The number of hydrogen-bond acceptors (Lipinski definition) is 5. The van der Waals surface area contributed by atoms with Gasteiger partial charge in [-0.05, 0) is 12.8 Å². The average molecular weight is 258 g/mol. The number of aliphatic hydroxyl groups is 1. The highest BCUT2D eigenvalue weighted by Crippen LogP contribution is 2.67. The third kappa shape index (κ3) is 1.36. The lowest BCUT2D eigenvalue weighted by Gasteiger charge is -2.36. The van der Waals surface area contributed by atoms with Crippen LogP contribution in [0.25, 0.3) is 0 Å². The van der Waals surface area contributed by atoms with Crippen molar-refractivity contribution in [3.8, 4) is 0 Å². The van der Waals surface area contributed by atoms with Crippen molar-refractivity contribution in [1.29, 1.82) is 0 Å². The number of fused-ring (bicyclic) bond motifs is 2. The lowest BCUT2D eigenvalue weighted by molar-refractivity contribution is -0.211. The van der Waals surface area contributed by atoms with Crippen LogP contribution >= 0.6 is 0 Å². The first-order valence-corrected chi connectivity index (χ1v) is 5.92. The van der Waals surface area contributed by atoms with Crippen LogP contribution in [0.3, 0.4) is 0 Å². The molecule has 18 heavy (non-hydrogen) atoms. The largest absolute Gasteiger partial charge is 0.479 e. The normalized spacial score (nSPS) is 40.8. The summed E-state index contributed by atoms with van der Waals surface area (Å²) in [4.78, 5) is 22.6. The maximum absolute atomic E-state index is 12.1. The fourth-order valence-electron chi connectivity index (χ4n) is 3.13. The molecule has 1 heterocycles. The van der Waals surface area contributed by atoms with Crippen LogP contribution in [-0.2, 0) is 19.1 Å². The number of ether oxygens (including phenoxy) is 2. The maximum atomic E-state index is 12.1. The summed E-state index contributed by atoms with van der Waals surface area (Å²) in [5, 5.41) is 18.5. The first kappa shape index (κ1) is 13.3. The van der Waals surface area contributed by atoms with Crippen LogP contribution in [0.15, 0.2) is 0 Å². The van der Waals surface area contributed by atoms with E-state index in [1.165, 1.54) is 0 Å². The zero-order chi connectivity index (χ0) is 13.8. The van der Waals surface area contributed by atoms with Crippen LogP contribution < -0.4 is 0 Å². The molecule has 1 saturated carbocycles. The number of esters is 1. The Hall–Kier alpha value is -1.14. The van der Waals surface area contributed by atoms with Gasteiger partial charge in [0, 0.05) is 10.8 Å². The molecular weight excluding hydrogens is 240 g/mol. The molecule has 1 saturated heterocycles. The van der Waals surface area contributed by atoms with Crippen molar-refractivity contribution < 1.29 is 29.3 Å². The summed E-state index contributed by atoms with van der Waals surface area (Å²) in [7, 11) is 0. The van der Waals surface area contributed by atoms with Crippen molar-refractivity contribution in [2.75, 3.05) is 6.61 Å². The summed E-state index contributed by atoms with van der Waals surface area (Å²) in [6.45, 7) is 4.88. The smallest absolute Gasteiger partial charge is 0.341 e. The molecule has 2 rings (SSSR count). The number of carbonyl (C=O) groups excluding carboxylic acids is 1. The van der Waals surface area contributed by atoms with Gasteiger partial charge in [0.05, 0.1) is 0 Å². The molecule has 2 fully saturated rings. The lowest BCUT2D eigenvalue weighted by atomic mass is 9.66. The zero-order valence-corrected chi connectivity index (χ0v) is 10.7. The second-order valence-corrected chi connectivity index (χ2v) is 5.81. The standard InChI is InChI=1S/C12H18O6/c1-10(2)11(3)4-5-12(10,18-8(11)15)9(16)17-6-7(13)14/h8,15H,4-6H2,1-3H3,(H,13,14). The van der Waals surface area contributed by atoms with E-state index in [1.807, 2.05) is 20.8 Å². The zero-order valence-electron chi connectivity index (χ0n) is 10.7. The highest BCUT2D eigenvalue weighted by atomic mass is 16.7. The number of rotatable bonds is 3. The van der Waals surface area contributed by atoms with Crippen molar-refractivity contribution in [2.45, 2.75) is 45.5 Å². The van der Waals surface area contributed by atoms with Crippen LogP contribution in [0, 0.1) is 10.8 Å². The maximum Gasteiger partial charge on any atom is 0.341 e. The van der Waals surface area contributed by atoms with Gasteiger partial charge in [0.1, 0.15) is 0 Å². The van der Waals surface area contributed by atoms with Crippen molar-refractivity contribution in [3.05, 3.63) is 0 Å². The fourth-order valence-corrected chi connectivity index (χ4v) is 3.13. The molecule has 2 N–H and O–H groups in total. The molecule has 3 atom stereocenters. The Bertz CT molecular complexity index is 403. The molecular formula is C12H18O6. The number of hydrogen-bond donors (Lipinski definition) is 2. The van der Waals surface area contributed by atoms with E-state index in [9.17, 15) is 14.7 Å². The summed E-state index contributed by atoms with van der Waals surface area (Å²) in [6.07, 6.45) is 0.0497. The molecule has 1 aliphatic carbocycles. The summed E-state index contributed by atoms with van der Waals surface area (Å²) in [6, 6.07) is 0. The van der Waals surface area contributed by atoms with Gasteiger partial charge in [0.15, 0.2) is 18.5 Å². The lowest BCUT2D eigenvalue weighted by Crippen LogP contribution is -2.49. The summed E-state index contributed by atoms with van der Waals surface area (Å²) in [5.74, 6) is -1.91. The third-order valence-electron chi connectivity index (χ3n) is 4.95. The molecule has 102 valence electrons. The SMILES string of the molecule is CC12CCC(C(=O)OCC(=O)O)(OC1O)C2(C)C. The monoisotopic (exact) mass is 258 g/mol. The molecule has 0 aromatic heterocycles. The van der Waals surface area contributed by atoms with E-state index in [2.05, 4.69) is 0 Å².